The fourth-order valence-electron chi connectivity index (χ4n) is 2.26. The molecule has 2 nitrogen and oxygen atoms in total. The van der Waals surface area contributed by atoms with Gasteiger partial charge in [0.1, 0.15) is 0 Å². The average Bonchev–Trinajstić information content (AvgIpc) is 2.30. The van der Waals surface area contributed by atoms with Crippen LogP contribution < -0.4 is 5.32 Å². The number of likely N-dealkylation sites (tertiary alicyclic amines) is 1. The molecule has 1 N–H and O–H groups in total. The second-order valence-electron chi connectivity index (χ2n) is 4.64. The molecule has 0 aliphatic carbocycles. The van der Waals surface area contributed by atoms with E-state index in [4.69, 9.17) is 11.6 Å². The van der Waals surface area contributed by atoms with Crippen molar-refractivity contribution in [1.29, 1.82) is 0 Å². The molecule has 0 spiro atoms. The van der Waals surface area contributed by atoms with Gasteiger partial charge in [-0.3, -0.25) is 0 Å². The van der Waals surface area contributed by atoms with E-state index in [1.54, 1.807) is 0 Å². The van der Waals surface area contributed by atoms with Crippen LogP contribution in [0.5, 0.6) is 0 Å². The third-order valence-corrected chi connectivity index (χ3v) is 4.27. The molecule has 1 heterocycles. The van der Waals surface area contributed by atoms with E-state index in [-0.39, 0.29) is 0 Å². The van der Waals surface area contributed by atoms with Gasteiger partial charge in [0.05, 0.1) is 0 Å². The largest absolute Gasteiger partial charge is 0.383 e. The lowest BCUT2D eigenvalue weighted by Gasteiger charge is -2.32. The summed E-state index contributed by atoms with van der Waals surface area (Å²) < 4.78 is 1.03. The van der Waals surface area contributed by atoms with E-state index in [9.17, 15) is 0 Å². The number of nitrogens with one attached hydrogen (secondary N) is 1. The molecule has 1 aliphatic rings. The SMILES string of the molecule is CN1CCCCC1CNc1ccc(Cl)cc1Br. The molecule has 0 aromatic heterocycles. The number of likely N-dealkylation sites (N-methyl/N-ethyl adjacent to an activating group) is 1. The Morgan fingerprint density at radius 1 is 1.47 bits per heavy atom. The summed E-state index contributed by atoms with van der Waals surface area (Å²) in [6.07, 6.45) is 3.96. The lowest BCUT2D eigenvalue weighted by Crippen LogP contribution is -2.40. The Balaban J connectivity index is 1.92. The third kappa shape index (κ3) is 3.60. The lowest BCUT2D eigenvalue weighted by molar-refractivity contribution is 0.194. The summed E-state index contributed by atoms with van der Waals surface area (Å²) in [6.45, 7) is 2.21. The normalized spacial score (nSPS) is 21.5. The van der Waals surface area contributed by atoms with Crippen molar-refractivity contribution < 1.29 is 0 Å². The fraction of sp³-hybridized carbons (Fsp3) is 0.538. The predicted molar refractivity (Wildman–Crippen MR) is 77.9 cm³/mol. The maximum absolute atomic E-state index is 5.92. The smallest absolute Gasteiger partial charge is 0.0486 e. The molecule has 1 saturated heterocycles. The molecule has 1 fully saturated rings. The molecule has 4 heteroatoms. The van der Waals surface area contributed by atoms with Crippen molar-refractivity contribution in [2.45, 2.75) is 25.3 Å². The minimum atomic E-state index is 0.645. The quantitative estimate of drug-likeness (QED) is 0.906. The van der Waals surface area contributed by atoms with Crippen molar-refractivity contribution in [3.8, 4) is 0 Å². The van der Waals surface area contributed by atoms with Gasteiger partial charge < -0.3 is 10.2 Å². The Morgan fingerprint density at radius 2 is 2.29 bits per heavy atom. The van der Waals surface area contributed by atoms with Gasteiger partial charge in [0.15, 0.2) is 0 Å². The van der Waals surface area contributed by atoms with Gasteiger partial charge in [-0.1, -0.05) is 18.0 Å². The zero-order valence-corrected chi connectivity index (χ0v) is 12.4. The minimum absolute atomic E-state index is 0.645. The van der Waals surface area contributed by atoms with E-state index in [2.05, 4.69) is 33.2 Å². The fourth-order valence-corrected chi connectivity index (χ4v) is 3.09. The van der Waals surface area contributed by atoms with Crippen LogP contribution in [0.15, 0.2) is 22.7 Å². The summed E-state index contributed by atoms with van der Waals surface area (Å²) in [4.78, 5) is 2.44. The molecule has 0 bridgehead atoms. The van der Waals surface area contributed by atoms with Crippen LogP contribution in [-0.2, 0) is 0 Å². The monoisotopic (exact) mass is 316 g/mol. The van der Waals surface area contributed by atoms with E-state index in [0.29, 0.717) is 6.04 Å². The van der Waals surface area contributed by atoms with Crippen LogP contribution >= 0.6 is 27.5 Å². The zero-order chi connectivity index (χ0) is 12.3. The van der Waals surface area contributed by atoms with Crippen molar-refractivity contribution in [1.82, 2.24) is 4.90 Å². The first-order valence-corrected chi connectivity index (χ1v) is 7.23. The highest BCUT2D eigenvalue weighted by Crippen LogP contribution is 2.26. The average molecular weight is 318 g/mol. The number of halogens is 2. The van der Waals surface area contributed by atoms with Crippen LogP contribution in [0.1, 0.15) is 19.3 Å². The summed E-state index contributed by atoms with van der Waals surface area (Å²) in [5, 5.41) is 4.25. The van der Waals surface area contributed by atoms with Crippen LogP contribution in [0, 0.1) is 0 Å². The number of hydrogen-bond acceptors (Lipinski definition) is 2. The van der Waals surface area contributed by atoms with Gasteiger partial charge in [-0.2, -0.15) is 0 Å². The molecular formula is C13H18BrClN2. The summed E-state index contributed by atoms with van der Waals surface area (Å²) in [7, 11) is 2.21. The van der Waals surface area contributed by atoms with Gasteiger partial charge in [0.25, 0.3) is 0 Å². The number of hydrogen-bond donors (Lipinski definition) is 1. The van der Waals surface area contributed by atoms with Crippen molar-refractivity contribution in [3.05, 3.63) is 27.7 Å². The Labute approximate surface area is 116 Å². The Bertz CT molecular complexity index is 384. The maximum Gasteiger partial charge on any atom is 0.0486 e. The van der Waals surface area contributed by atoms with Crippen LogP contribution in [0.25, 0.3) is 0 Å². The molecule has 0 radical (unpaired) electrons. The molecular weight excluding hydrogens is 300 g/mol. The van der Waals surface area contributed by atoms with Gasteiger partial charge in [0, 0.05) is 27.8 Å². The molecule has 0 amide bonds. The summed E-state index contributed by atoms with van der Waals surface area (Å²) >= 11 is 9.45. The minimum Gasteiger partial charge on any atom is -0.383 e. The van der Waals surface area contributed by atoms with E-state index in [1.807, 2.05) is 18.2 Å². The number of benzene rings is 1. The first-order valence-electron chi connectivity index (χ1n) is 6.06. The number of piperidine rings is 1. The first-order chi connectivity index (χ1) is 8.16. The van der Waals surface area contributed by atoms with E-state index >= 15 is 0 Å². The predicted octanol–water partition coefficient (Wildman–Crippen LogP) is 4.00. The van der Waals surface area contributed by atoms with Crippen LogP contribution in [-0.4, -0.2) is 31.1 Å². The molecule has 94 valence electrons. The highest BCUT2D eigenvalue weighted by molar-refractivity contribution is 9.10. The standard InChI is InChI=1S/C13H18BrClN2/c1-17-7-3-2-4-11(17)9-16-13-6-5-10(15)8-12(13)14/h5-6,8,11,16H,2-4,7,9H2,1H3. The summed E-state index contributed by atoms with van der Waals surface area (Å²) in [5.41, 5.74) is 1.12. The number of anilines is 1. The van der Waals surface area contributed by atoms with Gasteiger partial charge >= 0.3 is 0 Å². The highest BCUT2D eigenvalue weighted by atomic mass is 79.9. The lowest BCUT2D eigenvalue weighted by atomic mass is 10.0. The van der Waals surface area contributed by atoms with Crippen molar-refractivity contribution in [2.75, 3.05) is 25.5 Å². The molecule has 2 rings (SSSR count). The van der Waals surface area contributed by atoms with Gasteiger partial charge in [0.2, 0.25) is 0 Å². The maximum atomic E-state index is 5.92. The molecule has 17 heavy (non-hydrogen) atoms. The van der Waals surface area contributed by atoms with Crippen LogP contribution in [0.3, 0.4) is 0 Å². The van der Waals surface area contributed by atoms with Crippen LogP contribution in [0.2, 0.25) is 5.02 Å². The molecule has 0 saturated carbocycles. The van der Waals surface area contributed by atoms with Gasteiger partial charge in [-0.05, 0) is 60.6 Å². The Morgan fingerprint density at radius 3 is 3.00 bits per heavy atom. The Kier molecular flexibility index (Phi) is 4.71. The molecule has 1 atom stereocenters. The second-order valence-corrected chi connectivity index (χ2v) is 5.93. The van der Waals surface area contributed by atoms with Crippen LogP contribution in [0.4, 0.5) is 5.69 Å². The Hall–Kier alpha value is -0.250. The summed E-state index contributed by atoms with van der Waals surface area (Å²) in [5.74, 6) is 0. The van der Waals surface area contributed by atoms with Crippen molar-refractivity contribution >= 4 is 33.2 Å². The number of rotatable bonds is 3. The van der Waals surface area contributed by atoms with Crippen molar-refractivity contribution in [2.24, 2.45) is 0 Å². The first kappa shape index (κ1) is 13.2. The number of nitrogens with zero attached hydrogens (tertiary/aromatic N) is 1. The zero-order valence-electron chi connectivity index (χ0n) is 10.0. The van der Waals surface area contributed by atoms with E-state index in [1.165, 1.54) is 25.8 Å². The van der Waals surface area contributed by atoms with Gasteiger partial charge in [-0.25, -0.2) is 0 Å². The molecule has 1 unspecified atom stereocenters. The van der Waals surface area contributed by atoms with Gasteiger partial charge in [-0.15, -0.1) is 0 Å². The topological polar surface area (TPSA) is 15.3 Å². The van der Waals surface area contributed by atoms with E-state index < -0.39 is 0 Å². The third-order valence-electron chi connectivity index (χ3n) is 3.38. The molecule has 1 aromatic rings. The molecule has 1 aliphatic heterocycles. The van der Waals surface area contributed by atoms with Crippen molar-refractivity contribution in [3.63, 3.8) is 0 Å². The second kappa shape index (κ2) is 6.07. The van der Waals surface area contributed by atoms with E-state index in [0.717, 1.165) is 21.7 Å². The highest BCUT2D eigenvalue weighted by Gasteiger charge is 2.18. The summed E-state index contributed by atoms with van der Waals surface area (Å²) in [6, 6.07) is 6.51. The molecule has 1 aromatic carbocycles.